The standard InChI is InChI=1S/C9H10Br2O/c1-2-12-6-7-5-8(10)3-4-9(7)11/h3-5H,2,6H2,1H3. The van der Waals surface area contributed by atoms with Gasteiger partial charge in [0.15, 0.2) is 0 Å². The fraction of sp³-hybridized carbons (Fsp3) is 0.333. The Morgan fingerprint density at radius 3 is 2.75 bits per heavy atom. The summed E-state index contributed by atoms with van der Waals surface area (Å²) >= 11 is 6.87. The zero-order valence-electron chi connectivity index (χ0n) is 6.81. The summed E-state index contributed by atoms with van der Waals surface area (Å²) < 4.78 is 7.48. The van der Waals surface area contributed by atoms with E-state index in [1.165, 1.54) is 5.56 Å². The normalized spacial score (nSPS) is 10.2. The van der Waals surface area contributed by atoms with Crippen LogP contribution in [0.3, 0.4) is 0 Å². The molecule has 0 unspecified atom stereocenters. The maximum atomic E-state index is 5.30. The predicted molar refractivity (Wildman–Crippen MR) is 57.2 cm³/mol. The van der Waals surface area contributed by atoms with Crippen molar-refractivity contribution in [3.05, 3.63) is 32.7 Å². The molecule has 0 heterocycles. The number of hydrogen-bond acceptors (Lipinski definition) is 1. The van der Waals surface area contributed by atoms with Crippen LogP contribution >= 0.6 is 31.9 Å². The monoisotopic (exact) mass is 292 g/mol. The summed E-state index contributed by atoms with van der Waals surface area (Å²) in [5.41, 5.74) is 1.17. The minimum Gasteiger partial charge on any atom is -0.377 e. The predicted octanol–water partition coefficient (Wildman–Crippen LogP) is 3.75. The number of hydrogen-bond donors (Lipinski definition) is 0. The van der Waals surface area contributed by atoms with Crippen LogP contribution in [0, 0.1) is 0 Å². The van der Waals surface area contributed by atoms with Gasteiger partial charge in [-0.3, -0.25) is 0 Å². The molecule has 1 aromatic carbocycles. The van der Waals surface area contributed by atoms with Crippen molar-refractivity contribution in [3.63, 3.8) is 0 Å². The lowest BCUT2D eigenvalue weighted by atomic mass is 10.2. The summed E-state index contributed by atoms with van der Waals surface area (Å²) in [6.07, 6.45) is 0. The Morgan fingerprint density at radius 2 is 2.08 bits per heavy atom. The highest BCUT2D eigenvalue weighted by Gasteiger charge is 1.99. The van der Waals surface area contributed by atoms with Crippen LogP contribution in [-0.4, -0.2) is 6.61 Å². The molecule has 0 N–H and O–H groups in total. The molecule has 1 rings (SSSR count). The molecule has 0 aliphatic rings. The molecule has 0 saturated heterocycles. The molecule has 0 saturated carbocycles. The Balaban J connectivity index is 2.75. The molecule has 0 aliphatic heterocycles. The van der Waals surface area contributed by atoms with Gasteiger partial charge in [0.1, 0.15) is 0 Å². The summed E-state index contributed by atoms with van der Waals surface area (Å²) in [6.45, 7) is 3.40. The number of ether oxygens (including phenoxy) is 1. The fourth-order valence-corrected chi connectivity index (χ4v) is 1.64. The van der Waals surface area contributed by atoms with Gasteiger partial charge in [-0.2, -0.15) is 0 Å². The minimum absolute atomic E-state index is 0.663. The van der Waals surface area contributed by atoms with Crippen molar-refractivity contribution < 1.29 is 4.74 Å². The van der Waals surface area contributed by atoms with Crippen LogP contribution in [0.15, 0.2) is 27.1 Å². The first-order valence-electron chi connectivity index (χ1n) is 3.75. The van der Waals surface area contributed by atoms with E-state index in [1.54, 1.807) is 0 Å². The lowest BCUT2D eigenvalue weighted by Gasteiger charge is -2.04. The number of benzene rings is 1. The van der Waals surface area contributed by atoms with Crippen molar-refractivity contribution in [2.75, 3.05) is 6.61 Å². The molecule has 1 aromatic rings. The maximum absolute atomic E-state index is 5.30. The van der Waals surface area contributed by atoms with E-state index in [4.69, 9.17) is 4.74 Å². The number of halogens is 2. The van der Waals surface area contributed by atoms with Crippen LogP contribution in [0.25, 0.3) is 0 Å². The molecule has 0 bridgehead atoms. The molecule has 3 heteroatoms. The third kappa shape index (κ3) is 2.88. The van der Waals surface area contributed by atoms with Crippen molar-refractivity contribution in [3.8, 4) is 0 Å². The highest BCUT2D eigenvalue weighted by atomic mass is 79.9. The summed E-state index contributed by atoms with van der Waals surface area (Å²) in [7, 11) is 0. The Kier molecular flexibility index (Phi) is 4.26. The molecule has 0 spiro atoms. The van der Waals surface area contributed by atoms with Crippen molar-refractivity contribution >= 4 is 31.9 Å². The van der Waals surface area contributed by atoms with E-state index in [-0.39, 0.29) is 0 Å². The van der Waals surface area contributed by atoms with E-state index in [1.807, 2.05) is 19.1 Å². The van der Waals surface area contributed by atoms with Gasteiger partial charge in [0.05, 0.1) is 6.61 Å². The molecule has 1 nitrogen and oxygen atoms in total. The Labute approximate surface area is 89.4 Å². The number of rotatable bonds is 3. The second-order valence-electron chi connectivity index (χ2n) is 2.37. The van der Waals surface area contributed by atoms with Gasteiger partial charge in [0.25, 0.3) is 0 Å². The zero-order valence-corrected chi connectivity index (χ0v) is 9.98. The van der Waals surface area contributed by atoms with Crippen molar-refractivity contribution in [1.82, 2.24) is 0 Å². The molecule has 0 fully saturated rings. The fourth-order valence-electron chi connectivity index (χ4n) is 0.866. The van der Waals surface area contributed by atoms with E-state index in [0.29, 0.717) is 6.61 Å². The molecule has 0 radical (unpaired) electrons. The highest BCUT2D eigenvalue weighted by Crippen LogP contribution is 2.21. The Bertz CT molecular complexity index is 261. The van der Waals surface area contributed by atoms with E-state index in [9.17, 15) is 0 Å². The Morgan fingerprint density at radius 1 is 1.33 bits per heavy atom. The smallest absolute Gasteiger partial charge is 0.0728 e. The molecule has 66 valence electrons. The summed E-state index contributed by atoms with van der Waals surface area (Å²) in [4.78, 5) is 0. The van der Waals surface area contributed by atoms with Gasteiger partial charge in [-0.05, 0) is 30.7 Å². The van der Waals surface area contributed by atoms with Gasteiger partial charge in [-0.25, -0.2) is 0 Å². The molecular formula is C9H10Br2O. The minimum atomic E-state index is 0.663. The first kappa shape index (κ1) is 10.2. The largest absolute Gasteiger partial charge is 0.377 e. The average molecular weight is 294 g/mol. The van der Waals surface area contributed by atoms with Crippen molar-refractivity contribution in [1.29, 1.82) is 0 Å². The molecule has 0 amide bonds. The van der Waals surface area contributed by atoms with Crippen molar-refractivity contribution in [2.45, 2.75) is 13.5 Å². The van der Waals surface area contributed by atoms with Crippen LogP contribution in [0.2, 0.25) is 0 Å². The first-order valence-corrected chi connectivity index (χ1v) is 5.34. The van der Waals surface area contributed by atoms with Crippen LogP contribution < -0.4 is 0 Å². The van der Waals surface area contributed by atoms with Crippen LogP contribution in [0.1, 0.15) is 12.5 Å². The SMILES string of the molecule is CCOCc1cc(Br)ccc1Br. The second kappa shape index (κ2) is 5.00. The third-order valence-corrected chi connectivity index (χ3v) is 2.74. The van der Waals surface area contributed by atoms with E-state index in [2.05, 4.69) is 37.9 Å². The lowest BCUT2D eigenvalue weighted by Crippen LogP contribution is -1.92. The summed E-state index contributed by atoms with van der Waals surface area (Å²) in [5.74, 6) is 0. The van der Waals surface area contributed by atoms with Gasteiger partial charge < -0.3 is 4.74 Å². The van der Waals surface area contributed by atoms with Crippen LogP contribution in [-0.2, 0) is 11.3 Å². The van der Waals surface area contributed by atoms with Gasteiger partial charge in [0, 0.05) is 15.6 Å². The molecule has 0 atom stereocenters. The van der Waals surface area contributed by atoms with Gasteiger partial charge in [-0.15, -0.1) is 0 Å². The van der Waals surface area contributed by atoms with E-state index >= 15 is 0 Å². The topological polar surface area (TPSA) is 9.23 Å². The second-order valence-corrected chi connectivity index (χ2v) is 4.14. The quantitative estimate of drug-likeness (QED) is 0.825. The molecule has 0 aliphatic carbocycles. The van der Waals surface area contributed by atoms with Crippen LogP contribution in [0.5, 0.6) is 0 Å². The van der Waals surface area contributed by atoms with Gasteiger partial charge in [0.2, 0.25) is 0 Å². The Hall–Kier alpha value is 0.140. The van der Waals surface area contributed by atoms with Crippen molar-refractivity contribution in [2.24, 2.45) is 0 Å². The van der Waals surface area contributed by atoms with E-state index < -0.39 is 0 Å². The van der Waals surface area contributed by atoms with Gasteiger partial charge in [-0.1, -0.05) is 31.9 Å². The average Bonchev–Trinajstić information content (AvgIpc) is 2.07. The third-order valence-electron chi connectivity index (χ3n) is 1.47. The van der Waals surface area contributed by atoms with Gasteiger partial charge >= 0.3 is 0 Å². The highest BCUT2D eigenvalue weighted by molar-refractivity contribution is 9.11. The first-order chi connectivity index (χ1) is 5.74. The summed E-state index contributed by atoms with van der Waals surface area (Å²) in [5, 5.41) is 0. The summed E-state index contributed by atoms with van der Waals surface area (Å²) in [6, 6.07) is 6.07. The molecule has 12 heavy (non-hydrogen) atoms. The van der Waals surface area contributed by atoms with E-state index in [0.717, 1.165) is 15.6 Å². The van der Waals surface area contributed by atoms with Crippen LogP contribution in [0.4, 0.5) is 0 Å². The lowest BCUT2D eigenvalue weighted by molar-refractivity contribution is 0.133. The molecule has 0 aromatic heterocycles. The molecular weight excluding hydrogens is 284 g/mol. The zero-order chi connectivity index (χ0) is 8.97. The maximum Gasteiger partial charge on any atom is 0.0728 e.